The molecule has 2 aromatic rings. The number of benzene rings is 1. The number of hydrogen-bond donors (Lipinski definition) is 1. The fourth-order valence-electron chi connectivity index (χ4n) is 2.48. The lowest BCUT2D eigenvalue weighted by atomic mass is 10.0. The number of rotatable bonds is 3. The number of hydrogen-bond acceptors (Lipinski definition) is 5. The molecule has 0 bridgehead atoms. The summed E-state index contributed by atoms with van der Waals surface area (Å²) in [6.45, 7) is 0. The third-order valence-corrected chi connectivity index (χ3v) is 3.67. The van der Waals surface area contributed by atoms with Gasteiger partial charge in [0, 0.05) is 23.2 Å². The topological polar surface area (TPSA) is 81.5 Å². The lowest BCUT2D eigenvalue weighted by Crippen LogP contribution is -2.26. The molecule has 1 aromatic carbocycles. The first-order chi connectivity index (χ1) is 10.9. The highest BCUT2D eigenvalue weighted by Gasteiger charge is 2.45. The lowest BCUT2D eigenvalue weighted by Gasteiger charge is -2.10. The van der Waals surface area contributed by atoms with Gasteiger partial charge in [0.25, 0.3) is 0 Å². The van der Waals surface area contributed by atoms with Gasteiger partial charge in [-0.25, -0.2) is 14.8 Å². The number of ether oxygens (including phenoxy) is 2. The van der Waals surface area contributed by atoms with Crippen molar-refractivity contribution in [3.63, 3.8) is 0 Å². The molecule has 0 saturated heterocycles. The average molecular weight is 320 g/mol. The molecule has 0 atom stereocenters. The molecule has 1 fully saturated rings. The molecule has 1 aliphatic carbocycles. The summed E-state index contributed by atoms with van der Waals surface area (Å²) in [5.74, 6) is -1.00. The van der Waals surface area contributed by atoms with E-state index in [1.54, 1.807) is 0 Å². The van der Waals surface area contributed by atoms with Crippen LogP contribution in [0.4, 0.5) is 8.78 Å². The third-order valence-electron chi connectivity index (χ3n) is 3.67. The summed E-state index contributed by atoms with van der Waals surface area (Å²) in [7, 11) is 0. The van der Waals surface area contributed by atoms with E-state index in [-0.39, 0.29) is 34.2 Å². The molecule has 0 spiro atoms. The van der Waals surface area contributed by atoms with E-state index in [1.807, 2.05) is 0 Å². The Bertz CT molecular complexity index is 821. The predicted octanol–water partition coefficient (Wildman–Crippen LogP) is 3.04. The number of alkyl halides is 2. The van der Waals surface area contributed by atoms with Crippen LogP contribution in [0.25, 0.3) is 11.1 Å². The molecule has 6 nitrogen and oxygen atoms in total. The Labute approximate surface area is 128 Å². The maximum atomic E-state index is 13.3. The zero-order valence-corrected chi connectivity index (χ0v) is 11.6. The Kier molecular flexibility index (Phi) is 2.78. The Morgan fingerprint density at radius 3 is 2.74 bits per heavy atom. The van der Waals surface area contributed by atoms with Crippen molar-refractivity contribution in [2.45, 2.75) is 25.1 Å². The van der Waals surface area contributed by atoms with Crippen molar-refractivity contribution in [2.24, 2.45) is 0 Å². The van der Waals surface area contributed by atoms with Crippen LogP contribution in [0.5, 0.6) is 11.5 Å². The highest BCUT2D eigenvalue weighted by Crippen LogP contribution is 2.47. The zero-order chi connectivity index (χ0) is 16.2. The standard InChI is InChI=1S/C15H10F2N2O4/c16-15(17)22-10-3-1-2-8(12(10)23-15)9-6-18-13(7-4-5-7)19-11(9)14(20)21/h1-3,6-7H,4-5H2,(H,20,21). The van der Waals surface area contributed by atoms with Gasteiger partial charge < -0.3 is 14.6 Å². The smallest absolute Gasteiger partial charge is 0.476 e. The molecule has 1 saturated carbocycles. The van der Waals surface area contributed by atoms with Crippen LogP contribution >= 0.6 is 0 Å². The zero-order valence-electron chi connectivity index (χ0n) is 11.6. The summed E-state index contributed by atoms with van der Waals surface area (Å²) in [5, 5.41) is 9.39. The molecular formula is C15H10F2N2O4. The molecule has 0 radical (unpaired) electrons. The molecule has 2 heterocycles. The normalized spacial score (nSPS) is 18.0. The van der Waals surface area contributed by atoms with Crippen LogP contribution in [-0.4, -0.2) is 27.3 Å². The van der Waals surface area contributed by atoms with Gasteiger partial charge in [-0.15, -0.1) is 8.78 Å². The molecule has 0 amide bonds. The minimum Gasteiger partial charge on any atom is -0.476 e. The largest absolute Gasteiger partial charge is 0.586 e. The molecule has 1 aliphatic heterocycles. The van der Waals surface area contributed by atoms with E-state index >= 15 is 0 Å². The van der Waals surface area contributed by atoms with E-state index in [0.717, 1.165) is 12.8 Å². The molecule has 0 unspecified atom stereocenters. The molecule has 118 valence electrons. The van der Waals surface area contributed by atoms with Crippen molar-refractivity contribution < 1.29 is 28.2 Å². The first-order valence-electron chi connectivity index (χ1n) is 6.94. The van der Waals surface area contributed by atoms with E-state index in [2.05, 4.69) is 19.4 Å². The van der Waals surface area contributed by atoms with Crippen molar-refractivity contribution in [1.29, 1.82) is 0 Å². The SMILES string of the molecule is O=C(O)c1nc(C2CC2)ncc1-c1cccc2c1OC(F)(F)O2. The lowest BCUT2D eigenvalue weighted by molar-refractivity contribution is -0.286. The van der Waals surface area contributed by atoms with Gasteiger partial charge >= 0.3 is 12.3 Å². The van der Waals surface area contributed by atoms with Gasteiger partial charge in [-0.2, -0.15) is 0 Å². The summed E-state index contributed by atoms with van der Waals surface area (Å²) < 4.78 is 35.4. The molecule has 4 rings (SSSR count). The number of carboxylic acids is 1. The summed E-state index contributed by atoms with van der Waals surface area (Å²) in [5.41, 5.74) is 0.0218. The van der Waals surface area contributed by atoms with Crippen molar-refractivity contribution in [3.05, 3.63) is 35.9 Å². The van der Waals surface area contributed by atoms with E-state index in [1.165, 1.54) is 24.4 Å². The maximum Gasteiger partial charge on any atom is 0.586 e. The first-order valence-corrected chi connectivity index (χ1v) is 6.94. The van der Waals surface area contributed by atoms with Gasteiger partial charge in [-0.05, 0) is 18.9 Å². The Morgan fingerprint density at radius 2 is 2.04 bits per heavy atom. The Hall–Kier alpha value is -2.77. The Morgan fingerprint density at radius 1 is 1.26 bits per heavy atom. The van der Waals surface area contributed by atoms with Crippen molar-refractivity contribution in [2.75, 3.05) is 0 Å². The van der Waals surface area contributed by atoms with E-state index < -0.39 is 12.3 Å². The number of carbonyl (C=O) groups is 1. The van der Waals surface area contributed by atoms with Gasteiger partial charge in [-0.3, -0.25) is 0 Å². The minimum atomic E-state index is -3.78. The van der Waals surface area contributed by atoms with E-state index in [4.69, 9.17) is 0 Å². The number of halogens is 2. The predicted molar refractivity (Wildman–Crippen MR) is 72.6 cm³/mol. The first kappa shape index (κ1) is 13.9. The summed E-state index contributed by atoms with van der Waals surface area (Å²) in [6, 6.07) is 4.25. The van der Waals surface area contributed by atoms with Crippen LogP contribution in [0.3, 0.4) is 0 Å². The number of carboxylic acid groups (broad SMARTS) is 1. The fraction of sp³-hybridized carbons (Fsp3) is 0.267. The molecule has 1 aromatic heterocycles. The third kappa shape index (κ3) is 2.36. The average Bonchev–Trinajstić information content (AvgIpc) is 3.28. The van der Waals surface area contributed by atoms with Gasteiger partial charge in [0.2, 0.25) is 0 Å². The van der Waals surface area contributed by atoms with E-state index in [9.17, 15) is 18.7 Å². The van der Waals surface area contributed by atoms with Crippen LogP contribution in [0.1, 0.15) is 35.1 Å². The molecular weight excluding hydrogens is 310 g/mol. The van der Waals surface area contributed by atoms with Crippen LogP contribution in [0, 0.1) is 0 Å². The highest BCUT2D eigenvalue weighted by molar-refractivity contribution is 5.95. The number of aromatic carboxylic acids is 1. The van der Waals surface area contributed by atoms with Gasteiger partial charge in [0.1, 0.15) is 5.82 Å². The fourth-order valence-corrected chi connectivity index (χ4v) is 2.48. The van der Waals surface area contributed by atoms with Gasteiger partial charge in [-0.1, -0.05) is 12.1 Å². The summed E-state index contributed by atoms with van der Waals surface area (Å²) in [4.78, 5) is 19.7. The minimum absolute atomic E-state index is 0.111. The highest BCUT2D eigenvalue weighted by atomic mass is 19.3. The molecule has 8 heteroatoms. The molecule has 2 aliphatic rings. The van der Waals surface area contributed by atoms with Gasteiger partial charge in [0.15, 0.2) is 17.2 Å². The second-order valence-corrected chi connectivity index (χ2v) is 5.37. The van der Waals surface area contributed by atoms with Crippen molar-refractivity contribution in [3.8, 4) is 22.6 Å². The maximum absolute atomic E-state index is 13.3. The second-order valence-electron chi connectivity index (χ2n) is 5.37. The molecule has 1 N–H and O–H groups in total. The van der Waals surface area contributed by atoms with Crippen LogP contribution < -0.4 is 9.47 Å². The van der Waals surface area contributed by atoms with E-state index in [0.29, 0.717) is 5.82 Å². The summed E-state index contributed by atoms with van der Waals surface area (Å²) in [6.07, 6.45) is -0.610. The monoisotopic (exact) mass is 320 g/mol. The van der Waals surface area contributed by atoms with Gasteiger partial charge in [0.05, 0.1) is 0 Å². The Balaban J connectivity index is 1.86. The number of aromatic nitrogens is 2. The number of nitrogens with zero attached hydrogens (tertiary/aromatic N) is 2. The molecule has 23 heavy (non-hydrogen) atoms. The summed E-state index contributed by atoms with van der Waals surface area (Å²) >= 11 is 0. The van der Waals surface area contributed by atoms with Crippen molar-refractivity contribution in [1.82, 2.24) is 9.97 Å². The number of fused-ring (bicyclic) bond motifs is 1. The van der Waals surface area contributed by atoms with Crippen LogP contribution in [-0.2, 0) is 0 Å². The van der Waals surface area contributed by atoms with Crippen LogP contribution in [0.2, 0.25) is 0 Å². The quantitative estimate of drug-likeness (QED) is 0.936. The second kappa shape index (κ2) is 4.61. The van der Waals surface area contributed by atoms with Crippen LogP contribution in [0.15, 0.2) is 24.4 Å². The van der Waals surface area contributed by atoms with Crippen molar-refractivity contribution >= 4 is 5.97 Å². The number of para-hydroxylation sites is 1.